The minimum absolute atomic E-state index is 0.250. The fraction of sp³-hybridized carbons (Fsp3) is 0.909. The van der Waals surface area contributed by atoms with Crippen molar-refractivity contribution in [1.29, 1.82) is 0 Å². The quantitative estimate of drug-likeness (QED) is 0.733. The van der Waals surface area contributed by atoms with Crippen molar-refractivity contribution in [2.75, 3.05) is 6.54 Å². The summed E-state index contributed by atoms with van der Waals surface area (Å²) in [4.78, 5) is 11.8. The van der Waals surface area contributed by atoms with Crippen LogP contribution >= 0.6 is 15.9 Å². The Morgan fingerprint density at radius 2 is 2.00 bits per heavy atom. The third-order valence-corrected chi connectivity index (χ3v) is 4.05. The second kappa shape index (κ2) is 5.74. The highest BCUT2D eigenvalue weighted by Crippen LogP contribution is 2.29. The van der Waals surface area contributed by atoms with Crippen molar-refractivity contribution in [2.24, 2.45) is 11.8 Å². The van der Waals surface area contributed by atoms with Gasteiger partial charge < -0.3 is 5.32 Å². The molecule has 0 spiro atoms. The Balaban J connectivity index is 2.18. The van der Waals surface area contributed by atoms with E-state index >= 15 is 0 Å². The molecule has 0 heterocycles. The van der Waals surface area contributed by atoms with E-state index in [1.807, 2.05) is 0 Å². The lowest BCUT2D eigenvalue weighted by Crippen LogP contribution is -2.33. The van der Waals surface area contributed by atoms with Gasteiger partial charge in [0.1, 0.15) is 0 Å². The SMILES string of the molecule is CCC(CC)C(Br)CNC(=O)C1CC1. The summed E-state index contributed by atoms with van der Waals surface area (Å²) in [5, 5.41) is 3.01. The van der Waals surface area contributed by atoms with Gasteiger partial charge in [-0.25, -0.2) is 0 Å². The van der Waals surface area contributed by atoms with Crippen LogP contribution in [0.3, 0.4) is 0 Å². The molecule has 1 saturated carbocycles. The number of carbonyl (C=O) groups excluding carboxylic acids is 1. The standard InChI is InChI=1S/C11H20BrNO/c1-3-8(4-2)10(12)7-13-11(14)9-5-6-9/h8-10H,3-7H2,1-2H3,(H,13,14). The first-order chi connectivity index (χ1) is 6.69. The topological polar surface area (TPSA) is 29.1 Å². The van der Waals surface area contributed by atoms with Crippen LogP contribution in [0.4, 0.5) is 0 Å². The van der Waals surface area contributed by atoms with Gasteiger partial charge in [-0.05, 0) is 18.8 Å². The highest BCUT2D eigenvalue weighted by Gasteiger charge is 2.29. The van der Waals surface area contributed by atoms with Gasteiger partial charge in [0.15, 0.2) is 0 Å². The summed E-state index contributed by atoms with van der Waals surface area (Å²) in [5.41, 5.74) is 0. The lowest BCUT2D eigenvalue weighted by molar-refractivity contribution is -0.122. The van der Waals surface area contributed by atoms with Gasteiger partial charge in [-0.15, -0.1) is 0 Å². The average molecular weight is 262 g/mol. The molecule has 0 aromatic carbocycles. The largest absolute Gasteiger partial charge is 0.355 e. The van der Waals surface area contributed by atoms with Crippen molar-refractivity contribution in [3.8, 4) is 0 Å². The first-order valence-electron chi connectivity index (χ1n) is 5.60. The van der Waals surface area contributed by atoms with Crippen molar-refractivity contribution in [3.63, 3.8) is 0 Å². The molecule has 1 fully saturated rings. The lowest BCUT2D eigenvalue weighted by Gasteiger charge is -2.19. The van der Waals surface area contributed by atoms with Crippen LogP contribution < -0.4 is 5.32 Å². The Kier molecular flexibility index (Phi) is 4.93. The average Bonchev–Trinajstić information content (AvgIpc) is 2.99. The van der Waals surface area contributed by atoms with E-state index < -0.39 is 0 Å². The predicted octanol–water partition coefficient (Wildman–Crippen LogP) is 2.71. The van der Waals surface area contributed by atoms with Crippen molar-refractivity contribution < 1.29 is 4.79 Å². The summed E-state index contributed by atoms with van der Waals surface area (Å²) in [7, 11) is 0. The highest BCUT2D eigenvalue weighted by atomic mass is 79.9. The molecule has 1 aliphatic rings. The molecule has 1 N–H and O–H groups in total. The number of amides is 1. The van der Waals surface area contributed by atoms with Crippen molar-refractivity contribution in [1.82, 2.24) is 5.32 Å². The van der Waals surface area contributed by atoms with Gasteiger partial charge in [-0.2, -0.15) is 0 Å². The summed E-state index contributed by atoms with van der Waals surface area (Å²) < 4.78 is 0. The Morgan fingerprint density at radius 3 is 2.43 bits per heavy atom. The van der Waals surface area contributed by atoms with E-state index in [9.17, 15) is 4.79 Å². The second-order valence-corrected chi connectivity index (χ2v) is 5.29. The molecule has 0 aromatic rings. The van der Waals surface area contributed by atoms with Gasteiger partial charge in [0.25, 0.3) is 0 Å². The van der Waals surface area contributed by atoms with Crippen molar-refractivity contribution in [3.05, 3.63) is 0 Å². The number of carbonyl (C=O) groups is 1. The molecule has 82 valence electrons. The van der Waals surface area contributed by atoms with E-state index in [4.69, 9.17) is 0 Å². The molecule has 1 amide bonds. The monoisotopic (exact) mass is 261 g/mol. The number of hydrogen-bond acceptors (Lipinski definition) is 1. The summed E-state index contributed by atoms with van der Waals surface area (Å²) in [6, 6.07) is 0. The Hall–Kier alpha value is -0.0500. The fourth-order valence-electron chi connectivity index (χ4n) is 1.65. The van der Waals surface area contributed by atoms with Crippen LogP contribution in [0.2, 0.25) is 0 Å². The molecule has 0 bridgehead atoms. The molecule has 2 nitrogen and oxygen atoms in total. The van der Waals surface area contributed by atoms with Crippen LogP contribution in [0.5, 0.6) is 0 Å². The second-order valence-electron chi connectivity index (χ2n) is 4.11. The number of nitrogens with one attached hydrogen (secondary N) is 1. The van der Waals surface area contributed by atoms with Gasteiger partial charge in [0.2, 0.25) is 5.91 Å². The maximum atomic E-state index is 11.4. The van der Waals surface area contributed by atoms with Crippen molar-refractivity contribution in [2.45, 2.75) is 44.4 Å². The van der Waals surface area contributed by atoms with Gasteiger partial charge in [0.05, 0.1) is 0 Å². The first-order valence-corrected chi connectivity index (χ1v) is 6.52. The molecule has 0 saturated heterocycles. The minimum atomic E-state index is 0.250. The molecule has 0 aromatic heterocycles. The molecule has 3 heteroatoms. The highest BCUT2D eigenvalue weighted by molar-refractivity contribution is 9.09. The molecule has 1 unspecified atom stereocenters. The number of rotatable bonds is 6. The van der Waals surface area contributed by atoms with Crippen LogP contribution in [0.1, 0.15) is 39.5 Å². The minimum Gasteiger partial charge on any atom is -0.355 e. The number of hydrogen-bond donors (Lipinski definition) is 1. The smallest absolute Gasteiger partial charge is 0.223 e. The normalized spacial score (nSPS) is 18.3. The molecule has 0 radical (unpaired) electrons. The maximum absolute atomic E-state index is 11.4. The summed E-state index contributed by atoms with van der Waals surface area (Å²) >= 11 is 3.65. The van der Waals surface area contributed by atoms with Crippen LogP contribution in [-0.2, 0) is 4.79 Å². The third-order valence-electron chi connectivity index (χ3n) is 2.98. The number of alkyl halides is 1. The molecular formula is C11H20BrNO. The molecule has 1 atom stereocenters. The van der Waals surface area contributed by atoms with E-state index in [1.54, 1.807) is 0 Å². The van der Waals surface area contributed by atoms with E-state index in [-0.39, 0.29) is 5.91 Å². The molecule has 1 rings (SSSR count). The first kappa shape index (κ1) is 12.0. The zero-order valence-electron chi connectivity index (χ0n) is 9.05. The van der Waals surface area contributed by atoms with E-state index in [0.717, 1.165) is 19.4 Å². The maximum Gasteiger partial charge on any atom is 0.223 e. The molecule has 1 aliphatic carbocycles. The predicted molar refractivity (Wildman–Crippen MR) is 62.5 cm³/mol. The zero-order chi connectivity index (χ0) is 10.6. The molecular weight excluding hydrogens is 242 g/mol. The zero-order valence-corrected chi connectivity index (χ0v) is 10.6. The number of halogens is 1. The molecule has 14 heavy (non-hydrogen) atoms. The van der Waals surface area contributed by atoms with Gasteiger partial charge in [0, 0.05) is 17.3 Å². The lowest BCUT2D eigenvalue weighted by atomic mass is 9.99. The van der Waals surface area contributed by atoms with E-state index in [0.29, 0.717) is 16.7 Å². The third kappa shape index (κ3) is 3.60. The van der Waals surface area contributed by atoms with E-state index in [2.05, 4.69) is 35.1 Å². The Bertz CT molecular complexity index is 188. The van der Waals surface area contributed by atoms with Crippen LogP contribution in [0.25, 0.3) is 0 Å². The summed E-state index contributed by atoms with van der Waals surface area (Å²) in [5.74, 6) is 1.26. The molecule has 0 aliphatic heterocycles. The van der Waals surface area contributed by atoms with E-state index in [1.165, 1.54) is 12.8 Å². The summed E-state index contributed by atoms with van der Waals surface area (Å²) in [6.07, 6.45) is 4.52. The van der Waals surface area contributed by atoms with Gasteiger partial charge >= 0.3 is 0 Å². The van der Waals surface area contributed by atoms with Gasteiger partial charge in [-0.3, -0.25) is 4.79 Å². The summed E-state index contributed by atoms with van der Waals surface area (Å²) in [6.45, 7) is 5.18. The Morgan fingerprint density at radius 1 is 1.43 bits per heavy atom. The van der Waals surface area contributed by atoms with Gasteiger partial charge in [-0.1, -0.05) is 42.6 Å². The van der Waals surface area contributed by atoms with Crippen molar-refractivity contribution >= 4 is 21.8 Å². The Labute approximate surface area is 95.0 Å². The van der Waals surface area contributed by atoms with Crippen LogP contribution in [0, 0.1) is 11.8 Å². The fourth-order valence-corrected chi connectivity index (χ4v) is 2.56. The van der Waals surface area contributed by atoms with Crippen LogP contribution in [-0.4, -0.2) is 17.3 Å². The van der Waals surface area contributed by atoms with Crippen LogP contribution in [0.15, 0.2) is 0 Å².